The van der Waals surface area contributed by atoms with Crippen LogP contribution in [0, 0.1) is 0 Å². The molecule has 9 aromatic rings. The topological polar surface area (TPSA) is 22.8 Å². The molecule has 0 saturated heterocycles. The molecular weight excluding hydrogens is 543 g/mol. The van der Waals surface area contributed by atoms with E-state index >= 15 is 0 Å². The maximum atomic E-state index is 4.89. The lowest BCUT2D eigenvalue weighted by Gasteiger charge is -2.13. The second kappa shape index (κ2) is 9.55. The minimum absolute atomic E-state index is 1.02. The molecule has 0 aliphatic rings. The molecule has 43 heavy (non-hydrogen) atoms. The van der Waals surface area contributed by atoms with Crippen LogP contribution in [0.15, 0.2) is 152 Å². The van der Waals surface area contributed by atoms with Crippen LogP contribution in [-0.4, -0.2) is 14.1 Å². The fourth-order valence-corrected chi connectivity index (χ4v) is 7.57. The summed E-state index contributed by atoms with van der Waals surface area (Å²) < 4.78 is 4.86. The van der Waals surface area contributed by atoms with Gasteiger partial charge in [0.1, 0.15) is 10.0 Å². The Morgan fingerprint density at radius 1 is 0.488 bits per heavy atom. The van der Waals surface area contributed by atoms with E-state index in [1.165, 1.54) is 54.7 Å². The van der Waals surface area contributed by atoms with Crippen molar-refractivity contribution < 1.29 is 0 Å². The molecule has 0 aliphatic heterocycles. The molecule has 0 saturated carbocycles. The van der Waals surface area contributed by atoms with Gasteiger partial charge in [-0.25, -0.2) is 4.98 Å². The number of thiazole rings is 1. The SMILES string of the molecule is c1ccc(-c2ncc(-n3c4ccccc4c4c5c6ccccc6n(-c6ccccc6)c5c(-c5ccccc5)cc43)s2)cc1. The van der Waals surface area contributed by atoms with Gasteiger partial charge >= 0.3 is 0 Å². The average molecular weight is 568 g/mol. The normalized spacial score (nSPS) is 11.7. The molecular formula is C39H25N3S. The molecule has 0 aliphatic carbocycles. The summed E-state index contributed by atoms with van der Waals surface area (Å²) in [4.78, 5) is 4.89. The summed E-state index contributed by atoms with van der Waals surface area (Å²) in [6, 6.07) is 52.0. The summed E-state index contributed by atoms with van der Waals surface area (Å²) >= 11 is 1.73. The molecule has 0 N–H and O–H groups in total. The zero-order valence-corrected chi connectivity index (χ0v) is 24.0. The second-order valence-electron chi connectivity index (χ2n) is 10.8. The first-order valence-corrected chi connectivity index (χ1v) is 15.3. The van der Waals surface area contributed by atoms with Crippen molar-refractivity contribution in [3.05, 3.63) is 152 Å². The van der Waals surface area contributed by atoms with E-state index in [0.717, 1.165) is 21.3 Å². The highest BCUT2D eigenvalue weighted by Gasteiger charge is 2.24. The molecule has 0 bridgehead atoms. The van der Waals surface area contributed by atoms with E-state index in [9.17, 15) is 0 Å². The first-order chi connectivity index (χ1) is 21.4. The largest absolute Gasteiger partial charge is 0.309 e. The summed E-state index contributed by atoms with van der Waals surface area (Å²) in [6.45, 7) is 0. The number of para-hydroxylation sites is 3. The van der Waals surface area contributed by atoms with Crippen LogP contribution in [0.2, 0.25) is 0 Å². The quantitative estimate of drug-likeness (QED) is 0.207. The van der Waals surface area contributed by atoms with Crippen LogP contribution in [-0.2, 0) is 0 Å². The summed E-state index contributed by atoms with van der Waals surface area (Å²) in [5.41, 5.74) is 9.50. The van der Waals surface area contributed by atoms with E-state index in [1.807, 2.05) is 12.3 Å². The van der Waals surface area contributed by atoms with Crippen molar-refractivity contribution >= 4 is 54.9 Å². The highest BCUT2D eigenvalue weighted by molar-refractivity contribution is 7.17. The van der Waals surface area contributed by atoms with Crippen LogP contribution >= 0.6 is 11.3 Å². The standard InChI is InChI=1S/C39H25N3S/c1-4-14-26(15-5-1)31-24-34-36(37-30-21-11-12-22-32(30)41(38(31)37)28-18-8-3-9-19-28)29-20-10-13-23-33(29)42(34)35-25-40-39(43-35)27-16-6-2-7-17-27/h1-25H. The Kier molecular flexibility index (Phi) is 5.37. The first-order valence-electron chi connectivity index (χ1n) is 14.5. The van der Waals surface area contributed by atoms with Gasteiger partial charge in [0, 0.05) is 38.4 Å². The van der Waals surface area contributed by atoms with Crippen LogP contribution in [0.4, 0.5) is 0 Å². The minimum Gasteiger partial charge on any atom is -0.309 e. The van der Waals surface area contributed by atoms with Gasteiger partial charge < -0.3 is 4.57 Å². The third-order valence-corrected chi connectivity index (χ3v) is 9.44. The molecule has 9 rings (SSSR count). The lowest BCUT2D eigenvalue weighted by Crippen LogP contribution is -1.96. The van der Waals surface area contributed by atoms with Crippen molar-refractivity contribution in [2.24, 2.45) is 0 Å². The third-order valence-electron chi connectivity index (χ3n) is 8.41. The van der Waals surface area contributed by atoms with Crippen LogP contribution in [0.3, 0.4) is 0 Å². The van der Waals surface area contributed by atoms with Gasteiger partial charge in [0.2, 0.25) is 0 Å². The third kappa shape index (κ3) is 3.64. The number of rotatable bonds is 4. The van der Waals surface area contributed by atoms with Crippen LogP contribution < -0.4 is 0 Å². The molecule has 0 radical (unpaired) electrons. The highest BCUT2D eigenvalue weighted by atomic mass is 32.1. The summed E-state index contributed by atoms with van der Waals surface area (Å²) in [5.74, 6) is 0. The number of nitrogens with zero attached hydrogens (tertiary/aromatic N) is 3. The fraction of sp³-hybridized carbons (Fsp3) is 0. The molecule has 4 heteroatoms. The van der Waals surface area contributed by atoms with Gasteiger partial charge in [0.15, 0.2) is 0 Å². The predicted octanol–water partition coefficient (Wildman–Crippen LogP) is 10.7. The lowest BCUT2D eigenvalue weighted by atomic mass is 9.98. The minimum atomic E-state index is 1.02. The summed E-state index contributed by atoms with van der Waals surface area (Å²) in [5, 5.41) is 7.17. The Bertz CT molecular complexity index is 2430. The Morgan fingerprint density at radius 3 is 1.74 bits per heavy atom. The molecule has 0 fully saturated rings. The Hall–Kier alpha value is -5.45. The fourth-order valence-electron chi connectivity index (χ4n) is 6.62. The van der Waals surface area contributed by atoms with Crippen LogP contribution in [0.5, 0.6) is 0 Å². The maximum absolute atomic E-state index is 4.89. The van der Waals surface area contributed by atoms with Crippen molar-refractivity contribution in [2.45, 2.75) is 0 Å². The van der Waals surface area contributed by atoms with E-state index in [4.69, 9.17) is 4.98 Å². The molecule has 0 unspecified atom stereocenters. The van der Waals surface area contributed by atoms with E-state index in [-0.39, 0.29) is 0 Å². The summed E-state index contributed by atoms with van der Waals surface area (Å²) in [7, 11) is 0. The van der Waals surface area contributed by atoms with Crippen molar-refractivity contribution in [1.82, 2.24) is 14.1 Å². The van der Waals surface area contributed by atoms with Crippen LogP contribution in [0.1, 0.15) is 0 Å². The average Bonchev–Trinajstić information content (AvgIpc) is 3.78. The van der Waals surface area contributed by atoms with Gasteiger partial charge in [-0.15, -0.1) is 0 Å². The molecule has 3 heterocycles. The van der Waals surface area contributed by atoms with Crippen molar-refractivity contribution in [1.29, 1.82) is 0 Å². The van der Waals surface area contributed by atoms with E-state index in [2.05, 4.69) is 149 Å². The molecule has 0 atom stereocenters. The van der Waals surface area contributed by atoms with Gasteiger partial charge in [0.05, 0.1) is 28.3 Å². The molecule has 0 amide bonds. The Labute approximate surface area is 252 Å². The van der Waals surface area contributed by atoms with E-state index < -0.39 is 0 Å². The lowest BCUT2D eigenvalue weighted by molar-refractivity contribution is 1.18. The second-order valence-corrected chi connectivity index (χ2v) is 11.8. The molecule has 6 aromatic carbocycles. The predicted molar refractivity (Wildman–Crippen MR) is 182 cm³/mol. The van der Waals surface area contributed by atoms with Gasteiger partial charge in [-0.05, 0) is 35.9 Å². The Balaban J connectivity index is 1.49. The number of hydrogen-bond acceptors (Lipinski definition) is 2. The molecule has 0 spiro atoms. The number of hydrogen-bond donors (Lipinski definition) is 0. The highest BCUT2D eigenvalue weighted by Crippen LogP contribution is 2.47. The number of fused-ring (bicyclic) bond motifs is 7. The van der Waals surface area contributed by atoms with Gasteiger partial charge in [-0.2, -0.15) is 0 Å². The monoisotopic (exact) mass is 567 g/mol. The van der Waals surface area contributed by atoms with Crippen molar-refractivity contribution in [2.75, 3.05) is 0 Å². The zero-order valence-electron chi connectivity index (χ0n) is 23.2. The summed E-state index contributed by atoms with van der Waals surface area (Å²) in [6.07, 6.45) is 2.03. The molecule has 3 nitrogen and oxygen atoms in total. The van der Waals surface area contributed by atoms with E-state index in [1.54, 1.807) is 11.3 Å². The number of aromatic nitrogens is 3. The molecule has 202 valence electrons. The van der Waals surface area contributed by atoms with Gasteiger partial charge in [-0.1, -0.05) is 127 Å². The van der Waals surface area contributed by atoms with Gasteiger partial charge in [-0.3, -0.25) is 4.57 Å². The molecule has 3 aromatic heterocycles. The van der Waals surface area contributed by atoms with Gasteiger partial charge in [0.25, 0.3) is 0 Å². The number of benzene rings is 6. The first kappa shape index (κ1) is 24.2. The van der Waals surface area contributed by atoms with Crippen molar-refractivity contribution in [3.8, 4) is 32.4 Å². The Morgan fingerprint density at radius 2 is 1.05 bits per heavy atom. The van der Waals surface area contributed by atoms with Crippen LogP contribution in [0.25, 0.3) is 76.0 Å². The maximum Gasteiger partial charge on any atom is 0.125 e. The van der Waals surface area contributed by atoms with Crippen molar-refractivity contribution in [3.63, 3.8) is 0 Å². The van der Waals surface area contributed by atoms with E-state index in [0.29, 0.717) is 0 Å². The zero-order chi connectivity index (χ0) is 28.3. The smallest absolute Gasteiger partial charge is 0.125 e.